The molecule has 0 fully saturated rings. The van der Waals surface area contributed by atoms with Crippen LogP contribution in [0.2, 0.25) is 5.02 Å². The molecule has 0 saturated carbocycles. The molecule has 114 valence electrons. The molecule has 3 N–H and O–H groups in total. The highest BCUT2D eigenvalue weighted by Gasteiger charge is 2.14. The number of hydrogen-bond donors (Lipinski definition) is 2. The number of thiophene rings is 1. The molecule has 1 atom stereocenters. The predicted octanol–water partition coefficient (Wildman–Crippen LogP) is 4.07. The molecule has 3 nitrogen and oxygen atoms in total. The summed E-state index contributed by atoms with van der Waals surface area (Å²) in [5, 5.41) is 3.33. The number of amides is 1. The molecule has 0 radical (unpaired) electrons. The molecule has 0 spiro atoms. The standard InChI is InChI=1S/C15H17ClN2OS.ClH/c1-9(7-12-5-3-10(2)20-12)18-15(19)13-6-4-11(17)8-14(13)16;/h3-6,8-9H,7,17H2,1-2H3,(H,18,19);1H. The van der Waals surface area contributed by atoms with Crippen molar-refractivity contribution in [2.45, 2.75) is 26.3 Å². The molecule has 1 unspecified atom stereocenters. The average Bonchev–Trinajstić information content (AvgIpc) is 2.74. The largest absolute Gasteiger partial charge is 0.399 e. The van der Waals surface area contributed by atoms with Crippen molar-refractivity contribution < 1.29 is 4.79 Å². The van der Waals surface area contributed by atoms with Crippen LogP contribution in [0.4, 0.5) is 5.69 Å². The van der Waals surface area contributed by atoms with E-state index in [0.717, 1.165) is 6.42 Å². The third-order valence-corrected chi connectivity index (χ3v) is 4.25. The van der Waals surface area contributed by atoms with Crippen LogP contribution in [-0.4, -0.2) is 11.9 Å². The molecule has 2 aromatic rings. The van der Waals surface area contributed by atoms with Gasteiger partial charge in [-0.15, -0.1) is 23.7 Å². The minimum atomic E-state index is -0.171. The van der Waals surface area contributed by atoms with E-state index >= 15 is 0 Å². The predicted molar refractivity (Wildman–Crippen MR) is 92.8 cm³/mol. The molecule has 1 heterocycles. The van der Waals surface area contributed by atoms with Crippen LogP contribution in [-0.2, 0) is 6.42 Å². The highest BCUT2D eigenvalue weighted by Crippen LogP contribution is 2.20. The van der Waals surface area contributed by atoms with Crippen molar-refractivity contribution in [2.24, 2.45) is 0 Å². The zero-order chi connectivity index (χ0) is 14.7. The van der Waals surface area contributed by atoms with E-state index in [4.69, 9.17) is 17.3 Å². The number of nitrogens with one attached hydrogen (secondary N) is 1. The summed E-state index contributed by atoms with van der Waals surface area (Å²) >= 11 is 7.78. The van der Waals surface area contributed by atoms with Crippen molar-refractivity contribution >= 4 is 46.9 Å². The van der Waals surface area contributed by atoms with E-state index in [0.29, 0.717) is 16.3 Å². The molecular formula is C15H18Cl2N2OS. The van der Waals surface area contributed by atoms with Crippen molar-refractivity contribution in [2.75, 3.05) is 5.73 Å². The van der Waals surface area contributed by atoms with Crippen LogP contribution in [0.1, 0.15) is 27.0 Å². The van der Waals surface area contributed by atoms with Crippen molar-refractivity contribution in [1.82, 2.24) is 5.32 Å². The highest BCUT2D eigenvalue weighted by molar-refractivity contribution is 7.11. The summed E-state index contributed by atoms with van der Waals surface area (Å²) in [6, 6.07) is 9.14. The van der Waals surface area contributed by atoms with Gasteiger partial charge in [-0.2, -0.15) is 0 Å². The fourth-order valence-corrected chi connectivity index (χ4v) is 3.26. The Kier molecular flexibility index (Phi) is 6.52. The Labute approximate surface area is 139 Å². The van der Waals surface area contributed by atoms with Gasteiger partial charge in [0.25, 0.3) is 5.91 Å². The van der Waals surface area contributed by atoms with Crippen molar-refractivity contribution in [3.05, 3.63) is 50.7 Å². The smallest absolute Gasteiger partial charge is 0.253 e. The zero-order valence-electron chi connectivity index (χ0n) is 11.9. The van der Waals surface area contributed by atoms with Gasteiger partial charge >= 0.3 is 0 Å². The molecule has 6 heteroatoms. The van der Waals surface area contributed by atoms with Gasteiger partial charge in [0.05, 0.1) is 10.6 Å². The molecule has 0 aliphatic carbocycles. The first-order chi connectivity index (χ1) is 9.45. The molecule has 0 aliphatic rings. The van der Waals surface area contributed by atoms with Gasteiger partial charge in [-0.3, -0.25) is 4.79 Å². The van der Waals surface area contributed by atoms with E-state index in [1.807, 2.05) is 6.92 Å². The van der Waals surface area contributed by atoms with Crippen molar-refractivity contribution in [1.29, 1.82) is 0 Å². The second-order valence-electron chi connectivity index (χ2n) is 4.83. The van der Waals surface area contributed by atoms with Gasteiger partial charge in [-0.25, -0.2) is 0 Å². The van der Waals surface area contributed by atoms with E-state index < -0.39 is 0 Å². The number of aryl methyl sites for hydroxylation is 1. The van der Waals surface area contributed by atoms with Gasteiger partial charge < -0.3 is 11.1 Å². The lowest BCUT2D eigenvalue weighted by atomic mass is 10.1. The molecule has 21 heavy (non-hydrogen) atoms. The fraction of sp³-hybridized carbons (Fsp3) is 0.267. The number of benzene rings is 1. The Morgan fingerprint density at radius 2 is 2.10 bits per heavy atom. The normalized spacial score (nSPS) is 11.6. The van der Waals surface area contributed by atoms with Gasteiger partial charge in [-0.1, -0.05) is 11.6 Å². The van der Waals surface area contributed by atoms with Crippen LogP contribution < -0.4 is 11.1 Å². The molecule has 0 aliphatic heterocycles. The third kappa shape index (κ3) is 4.92. The number of nitrogen functional groups attached to an aromatic ring is 1. The fourth-order valence-electron chi connectivity index (χ4n) is 1.96. The number of nitrogens with two attached hydrogens (primary N) is 1. The highest BCUT2D eigenvalue weighted by atomic mass is 35.5. The summed E-state index contributed by atoms with van der Waals surface area (Å²) in [4.78, 5) is 14.7. The first kappa shape index (κ1) is 17.8. The third-order valence-electron chi connectivity index (χ3n) is 2.92. The van der Waals surface area contributed by atoms with Crippen LogP contribution in [0.3, 0.4) is 0 Å². The van der Waals surface area contributed by atoms with Crippen molar-refractivity contribution in [3.63, 3.8) is 0 Å². The SMILES string of the molecule is Cc1ccc(CC(C)NC(=O)c2ccc(N)cc2Cl)s1.Cl. The minimum absolute atomic E-state index is 0. The molecular weight excluding hydrogens is 327 g/mol. The maximum atomic E-state index is 12.1. The molecule has 2 rings (SSSR count). The summed E-state index contributed by atoms with van der Waals surface area (Å²) in [5.41, 5.74) is 6.62. The first-order valence-electron chi connectivity index (χ1n) is 6.37. The van der Waals surface area contributed by atoms with Crippen LogP contribution >= 0.6 is 35.3 Å². The topological polar surface area (TPSA) is 55.1 Å². The second-order valence-corrected chi connectivity index (χ2v) is 6.61. The Hall–Kier alpha value is -1.23. The maximum Gasteiger partial charge on any atom is 0.253 e. The molecule has 1 aromatic heterocycles. The number of rotatable bonds is 4. The number of carbonyl (C=O) groups excluding carboxylic acids is 1. The molecule has 0 bridgehead atoms. The van der Waals surface area contributed by atoms with Crippen LogP contribution in [0.5, 0.6) is 0 Å². The van der Waals surface area contributed by atoms with Crippen LogP contribution in [0.15, 0.2) is 30.3 Å². The van der Waals surface area contributed by atoms with Crippen LogP contribution in [0.25, 0.3) is 0 Å². The average molecular weight is 345 g/mol. The lowest BCUT2D eigenvalue weighted by Crippen LogP contribution is -2.34. The lowest BCUT2D eigenvalue weighted by molar-refractivity contribution is 0.0940. The number of halogens is 2. The summed E-state index contributed by atoms with van der Waals surface area (Å²) in [7, 11) is 0. The number of anilines is 1. The minimum Gasteiger partial charge on any atom is -0.399 e. The van der Waals surface area contributed by atoms with Crippen LogP contribution in [0, 0.1) is 6.92 Å². The Balaban J connectivity index is 0.00000220. The van der Waals surface area contributed by atoms with E-state index in [1.165, 1.54) is 9.75 Å². The van der Waals surface area contributed by atoms with Crippen molar-refractivity contribution in [3.8, 4) is 0 Å². The van der Waals surface area contributed by atoms with Gasteiger partial charge in [0.1, 0.15) is 0 Å². The second kappa shape index (κ2) is 7.69. The van der Waals surface area contributed by atoms with Gasteiger partial charge in [0.2, 0.25) is 0 Å². The van der Waals surface area contributed by atoms with Gasteiger partial charge in [0.15, 0.2) is 0 Å². The summed E-state index contributed by atoms with van der Waals surface area (Å²) < 4.78 is 0. The lowest BCUT2D eigenvalue weighted by Gasteiger charge is -2.14. The van der Waals surface area contributed by atoms with E-state index in [-0.39, 0.29) is 24.4 Å². The quantitative estimate of drug-likeness (QED) is 0.821. The van der Waals surface area contributed by atoms with Gasteiger partial charge in [-0.05, 0) is 44.2 Å². The Morgan fingerprint density at radius 1 is 1.38 bits per heavy atom. The summed E-state index contributed by atoms with van der Waals surface area (Å²) in [6.07, 6.45) is 0.816. The monoisotopic (exact) mass is 344 g/mol. The summed E-state index contributed by atoms with van der Waals surface area (Å²) in [5.74, 6) is -0.171. The zero-order valence-corrected chi connectivity index (χ0v) is 14.2. The first-order valence-corrected chi connectivity index (χ1v) is 7.56. The van der Waals surface area contributed by atoms with E-state index in [2.05, 4.69) is 24.4 Å². The Bertz CT molecular complexity index is 628. The molecule has 1 amide bonds. The maximum absolute atomic E-state index is 12.1. The van der Waals surface area contributed by atoms with Gasteiger partial charge in [0, 0.05) is 27.9 Å². The van der Waals surface area contributed by atoms with E-state index in [1.54, 1.807) is 29.5 Å². The van der Waals surface area contributed by atoms with E-state index in [9.17, 15) is 4.79 Å². The molecule has 1 aromatic carbocycles. The number of hydrogen-bond acceptors (Lipinski definition) is 3. The number of carbonyl (C=O) groups is 1. The Morgan fingerprint density at radius 3 is 2.67 bits per heavy atom. The summed E-state index contributed by atoms with van der Waals surface area (Å²) in [6.45, 7) is 4.06. The molecule has 0 saturated heterocycles.